The molecule has 0 amide bonds. The zero-order valence-corrected chi connectivity index (χ0v) is 10.5. The van der Waals surface area contributed by atoms with Crippen LogP contribution in [0.1, 0.15) is 24.0 Å². The van der Waals surface area contributed by atoms with Crippen LogP contribution in [0.25, 0.3) is 0 Å². The molecule has 16 heavy (non-hydrogen) atoms. The monoisotopic (exact) mass is 221 g/mol. The first-order chi connectivity index (χ1) is 7.86. The molecule has 0 atom stereocenters. The van der Waals surface area contributed by atoms with Crippen LogP contribution in [0.5, 0.6) is 0 Å². The lowest BCUT2D eigenvalue weighted by Gasteiger charge is -2.05. The number of rotatable bonds is 8. The Balaban J connectivity index is 2.37. The lowest BCUT2D eigenvalue weighted by atomic mass is 10.0. The third-order valence-electron chi connectivity index (χ3n) is 2.70. The minimum atomic E-state index is 0.851. The van der Waals surface area contributed by atoms with Crippen molar-refractivity contribution in [3.63, 3.8) is 0 Å². The Bertz CT molecular complexity index is 261. The fourth-order valence-electron chi connectivity index (χ4n) is 1.83. The van der Waals surface area contributed by atoms with Gasteiger partial charge in [0.15, 0.2) is 0 Å². The van der Waals surface area contributed by atoms with Crippen molar-refractivity contribution in [2.75, 3.05) is 27.3 Å². The lowest BCUT2D eigenvalue weighted by molar-refractivity contribution is 0.195. The van der Waals surface area contributed by atoms with E-state index in [9.17, 15) is 0 Å². The molecule has 0 aliphatic heterocycles. The van der Waals surface area contributed by atoms with Crippen LogP contribution in [0.3, 0.4) is 0 Å². The first-order valence-corrected chi connectivity index (χ1v) is 6.08. The molecule has 90 valence electrons. The Labute approximate surface area is 99.0 Å². The summed E-state index contributed by atoms with van der Waals surface area (Å²) in [6, 6.07) is 8.91. The molecular formula is C14H23NO. The van der Waals surface area contributed by atoms with Gasteiger partial charge in [-0.2, -0.15) is 0 Å². The van der Waals surface area contributed by atoms with Gasteiger partial charge in [0.1, 0.15) is 0 Å². The summed E-state index contributed by atoms with van der Waals surface area (Å²) >= 11 is 0. The van der Waals surface area contributed by atoms with Gasteiger partial charge in [0.05, 0.1) is 0 Å². The van der Waals surface area contributed by atoms with Gasteiger partial charge >= 0.3 is 0 Å². The minimum Gasteiger partial charge on any atom is -0.385 e. The van der Waals surface area contributed by atoms with Crippen molar-refractivity contribution in [2.45, 2.75) is 25.7 Å². The Hall–Kier alpha value is -0.860. The number of hydrogen-bond donors (Lipinski definition) is 1. The zero-order chi connectivity index (χ0) is 11.6. The summed E-state index contributed by atoms with van der Waals surface area (Å²) < 4.78 is 5.06. The summed E-state index contributed by atoms with van der Waals surface area (Å²) in [5.74, 6) is 0. The minimum absolute atomic E-state index is 0.851. The van der Waals surface area contributed by atoms with Gasteiger partial charge in [0, 0.05) is 13.7 Å². The second-order valence-electron chi connectivity index (χ2n) is 4.12. The normalized spacial score (nSPS) is 10.6. The molecule has 1 N–H and O–H groups in total. The van der Waals surface area contributed by atoms with Crippen LogP contribution in [0.4, 0.5) is 0 Å². The van der Waals surface area contributed by atoms with E-state index in [4.69, 9.17) is 4.74 Å². The number of hydrogen-bond acceptors (Lipinski definition) is 2. The summed E-state index contributed by atoms with van der Waals surface area (Å²) in [6.07, 6.45) is 4.60. The van der Waals surface area contributed by atoms with E-state index in [0.717, 1.165) is 26.0 Å². The van der Waals surface area contributed by atoms with Crippen LogP contribution < -0.4 is 5.32 Å². The standard InChI is InChI=1S/C14H23NO/c1-15-10-4-8-13-6-3-7-14(12-13)9-5-11-16-2/h3,6-7,12,15H,4-5,8-11H2,1-2H3. The third kappa shape index (κ3) is 5.29. The molecule has 1 aromatic carbocycles. The van der Waals surface area contributed by atoms with Crippen molar-refractivity contribution in [3.8, 4) is 0 Å². The maximum absolute atomic E-state index is 5.06. The maximum Gasteiger partial charge on any atom is 0.0465 e. The van der Waals surface area contributed by atoms with Crippen molar-refractivity contribution >= 4 is 0 Å². The fraction of sp³-hybridized carbons (Fsp3) is 0.571. The van der Waals surface area contributed by atoms with Crippen molar-refractivity contribution in [3.05, 3.63) is 35.4 Å². The van der Waals surface area contributed by atoms with Crippen LogP contribution >= 0.6 is 0 Å². The Kier molecular flexibility index (Phi) is 6.86. The molecule has 1 aromatic rings. The van der Waals surface area contributed by atoms with Gasteiger partial charge in [0.25, 0.3) is 0 Å². The van der Waals surface area contributed by atoms with E-state index < -0.39 is 0 Å². The SMILES string of the molecule is CNCCCc1cccc(CCCOC)c1. The molecule has 0 aliphatic carbocycles. The second kappa shape index (κ2) is 8.31. The molecule has 2 nitrogen and oxygen atoms in total. The van der Waals surface area contributed by atoms with Crippen LogP contribution in [-0.4, -0.2) is 27.3 Å². The van der Waals surface area contributed by atoms with E-state index in [1.165, 1.54) is 24.0 Å². The van der Waals surface area contributed by atoms with Crippen molar-refractivity contribution in [2.24, 2.45) is 0 Å². The molecule has 0 radical (unpaired) electrons. The highest BCUT2D eigenvalue weighted by molar-refractivity contribution is 5.23. The predicted molar refractivity (Wildman–Crippen MR) is 68.9 cm³/mol. The molecule has 1 rings (SSSR count). The summed E-state index contributed by atoms with van der Waals surface area (Å²) in [5, 5.41) is 3.18. The molecule has 0 heterocycles. The predicted octanol–water partition coefficient (Wildman–Crippen LogP) is 2.42. The van der Waals surface area contributed by atoms with Gasteiger partial charge in [-0.05, 0) is 50.4 Å². The van der Waals surface area contributed by atoms with Crippen molar-refractivity contribution < 1.29 is 4.74 Å². The Morgan fingerprint density at radius 2 is 1.81 bits per heavy atom. The highest BCUT2D eigenvalue weighted by Crippen LogP contribution is 2.09. The molecule has 0 saturated carbocycles. The number of methoxy groups -OCH3 is 1. The Morgan fingerprint density at radius 3 is 2.44 bits per heavy atom. The van der Waals surface area contributed by atoms with E-state index in [2.05, 4.69) is 29.6 Å². The molecule has 0 unspecified atom stereocenters. The summed E-state index contributed by atoms with van der Waals surface area (Å²) in [7, 11) is 3.76. The smallest absolute Gasteiger partial charge is 0.0465 e. The number of aryl methyl sites for hydroxylation is 2. The van der Waals surface area contributed by atoms with E-state index in [1.807, 2.05) is 7.05 Å². The average Bonchev–Trinajstić information content (AvgIpc) is 2.30. The first kappa shape index (κ1) is 13.2. The van der Waals surface area contributed by atoms with Gasteiger partial charge in [-0.3, -0.25) is 0 Å². The van der Waals surface area contributed by atoms with Gasteiger partial charge < -0.3 is 10.1 Å². The number of nitrogens with one attached hydrogen (secondary N) is 1. The second-order valence-corrected chi connectivity index (χ2v) is 4.12. The Morgan fingerprint density at radius 1 is 1.12 bits per heavy atom. The maximum atomic E-state index is 5.06. The van der Waals surface area contributed by atoms with Gasteiger partial charge in [-0.1, -0.05) is 24.3 Å². The lowest BCUT2D eigenvalue weighted by Crippen LogP contribution is -2.08. The van der Waals surface area contributed by atoms with Gasteiger partial charge in [-0.25, -0.2) is 0 Å². The molecule has 0 fully saturated rings. The summed E-state index contributed by atoms with van der Waals surface area (Å²) in [4.78, 5) is 0. The highest BCUT2D eigenvalue weighted by atomic mass is 16.5. The third-order valence-corrected chi connectivity index (χ3v) is 2.70. The molecule has 0 saturated heterocycles. The topological polar surface area (TPSA) is 21.3 Å². The van der Waals surface area contributed by atoms with E-state index in [-0.39, 0.29) is 0 Å². The van der Waals surface area contributed by atoms with Crippen LogP contribution in [0.2, 0.25) is 0 Å². The van der Waals surface area contributed by atoms with E-state index in [1.54, 1.807) is 7.11 Å². The van der Waals surface area contributed by atoms with Crippen LogP contribution in [-0.2, 0) is 17.6 Å². The average molecular weight is 221 g/mol. The first-order valence-electron chi connectivity index (χ1n) is 6.08. The quantitative estimate of drug-likeness (QED) is 0.681. The molecule has 0 aromatic heterocycles. The highest BCUT2D eigenvalue weighted by Gasteiger charge is 1.96. The summed E-state index contributed by atoms with van der Waals surface area (Å²) in [5.41, 5.74) is 2.88. The van der Waals surface area contributed by atoms with Crippen molar-refractivity contribution in [1.29, 1.82) is 0 Å². The molecule has 0 bridgehead atoms. The molecular weight excluding hydrogens is 198 g/mol. The van der Waals surface area contributed by atoms with Gasteiger partial charge in [0.2, 0.25) is 0 Å². The van der Waals surface area contributed by atoms with E-state index >= 15 is 0 Å². The molecule has 0 spiro atoms. The molecule has 0 aliphatic rings. The van der Waals surface area contributed by atoms with Crippen molar-refractivity contribution in [1.82, 2.24) is 5.32 Å². The van der Waals surface area contributed by atoms with Crippen LogP contribution in [0, 0.1) is 0 Å². The van der Waals surface area contributed by atoms with Crippen LogP contribution in [0.15, 0.2) is 24.3 Å². The fourth-order valence-corrected chi connectivity index (χ4v) is 1.83. The summed E-state index contributed by atoms with van der Waals surface area (Å²) in [6.45, 7) is 1.94. The van der Waals surface area contributed by atoms with E-state index in [0.29, 0.717) is 0 Å². The molecule has 2 heteroatoms. The largest absolute Gasteiger partial charge is 0.385 e. The zero-order valence-electron chi connectivity index (χ0n) is 10.5. The van der Waals surface area contributed by atoms with Gasteiger partial charge in [-0.15, -0.1) is 0 Å². The number of ether oxygens (including phenoxy) is 1. The number of benzene rings is 1.